The summed E-state index contributed by atoms with van der Waals surface area (Å²) in [5, 5.41) is 9.56. The second-order valence-corrected chi connectivity index (χ2v) is 5.81. The van der Waals surface area contributed by atoms with E-state index in [-0.39, 0.29) is 11.6 Å². The first-order valence-corrected chi connectivity index (χ1v) is 7.82. The standard InChI is InChI=1S/C17H15N5O3/c23-16(21-25)14-8-19-15-9-22(6-5-13(15)20-14)17(24)11-7-18-12-4-2-1-3-10(11)12/h1-4,7-8,18,25H,5-6,9H2,(H,21,23). The number of hydroxylamine groups is 1. The fraction of sp³-hybridized carbons (Fsp3) is 0.176. The van der Waals surface area contributed by atoms with Crippen LogP contribution in [0.1, 0.15) is 32.2 Å². The first kappa shape index (κ1) is 15.3. The molecular weight excluding hydrogens is 322 g/mol. The Balaban J connectivity index is 1.60. The van der Waals surface area contributed by atoms with Crippen LogP contribution in [0, 0.1) is 0 Å². The molecule has 0 radical (unpaired) electrons. The van der Waals surface area contributed by atoms with E-state index in [4.69, 9.17) is 5.21 Å². The van der Waals surface area contributed by atoms with E-state index >= 15 is 0 Å². The van der Waals surface area contributed by atoms with Gasteiger partial charge in [0, 0.05) is 30.1 Å². The molecule has 2 amide bonds. The van der Waals surface area contributed by atoms with Gasteiger partial charge in [-0.05, 0) is 6.07 Å². The summed E-state index contributed by atoms with van der Waals surface area (Å²) < 4.78 is 0. The Hall–Kier alpha value is -3.26. The van der Waals surface area contributed by atoms with Crippen molar-refractivity contribution in [2.24, 2.45) is 0 Å². The lowest BCUT2D eigenvalue weighted by molar-refractivity contribution is 0.0694. The summed E-state index contributed by atoms with van der Waals surface area (Å²) in [6.45, 7) is 0.825. The number of benzene rings is 1. The molecule has 25 heavy (non-hydrogen) atoms. The lowest BCUT2D eigenvalue weighted by Crippen LogP contribution is -2.37. The molecule has 3 heterocycles. The molecule has 8 heteroatoms. The van der Waals surface area contributed by atoms with Gasteiger partial charge in [-0.1, -0.05) is 18.2 Å². The van der Waals surface area contributed by atoms with Crippen molar-refractivity contribution in [3.05, 3.63) is 59.3 Å². The third kappa shape index (κ3) is 2.62. The van der Waals surface area contributed by atoms with Gasteiger partial charge in [0.15, 0.2) is 0 Å². The summed E-state index contributed by atoms with van der Waals surface area (Å²) in [7, 11) is 0. The summed E-state index contributed by atoms with van der Waals surface area (Å²) in [4.78, 5) is 37.6. The average molecular weight is 337 g/mol. The van der Waals surface area contributed by atoms with Gasteiger partial charge in [0.1, 0.15) is 5.69 Å². The molecule has 0 bridgehead atoms. The molecule has 0 atom stereocenters. The Kier molecular flexibility index (Phi) is 3.66. The molecule has 4 rings (SSSR count). The van der Waals surface area contributed by atoms with E-state index in [2.05, 4.69) is 15.0 Å². The molecule has 0 saturated heterocycles. The van der Waals surface area contributed by atoms with Crippen LogP contribution >= 0.6 is 0 Å². The van der Waals surface area contributed by atoms with Crippen molar-refractivity contribution in [2.75, 3.05) is 6.54 Å². The van der Waals surface area contributed by atoms with E-state index in [1.165, 1.54) is 6.20 Å². The predicted octanol–water partition coefficient (Wildman–Crippen LogP) is 1.28. The van der Waals surface area contributed by atoms with Crippen molar-refractivity contribution >= 4 is 22.7 Å². The molecule has 1 aliphatic rings. The summed E-state index contributed by atoms with van der Waals surface area (Å²) >= 11 is 0. The molecule has 0 aliphatic carbocycles. The van der Waals surface area contributed by atoms with E-state index in [1.54, 1.807) is 16.6 Å². The van der Waals surface area contributed by atoms with Crippen LogP contribution in [0.25, 0.3) is 10.9 Å². The zero-order valence-corrected chi connectivity index (χ0v) is 13.2. The van der Waals surface area contributed by atoms with E-state index < -0.39 is 5.91 Å². The van der Waals surface area contributed by atoms with Gasteiger partial charge in [-0.25, -0.2) is 10.5 Å². The highest BCUT2D eigenvalue weighted by molar-refractivity contribution is 6.06. The topological polar surface area (TPSA) is 111 Å². The number of carbonyl (C=O) groups is 2. The summed E-state index contributed by atoms with van der Waals surface area (Å²) in [5.41, 5.74) is 4.47. The third-order valence-corrected chi connectivity index (χ3v) is 4.33. The van der Waals surface area contributed by atoms with Crippen LogP contribution in [0.3, 0.4) is 0 Å². The number of aromatic amines is 1. The van der Waals surface area contributed by atoms with Gasteiger partial charge in [-0.2, -0.15) is 0 Å². The molecule has 3 N–H and O–H groups in total. The average Bonchev–Trinajstić information content (AvgIpc) is 3.10. The van der Waals surface area contributed by atoms with Gasteiger partial charge in [-0.3, -0.25) is 19.8 Å². The first-order valence-electron chi connectivity index (χ1n) is 7.82. The molecule has 8 nitrogen and oxygen atoms in total. The van der Waals surface area contributed by atoms with Crippen LogP contribution < -0.4 is 5.48 Å². The number of nitrogens with zero attached hydrogens (tertiary/aromatic N) is 3. The van der Waals surface area contributed by atoms with Gasteiger partial charge in [0.2, 0.25) is 0 Å². The smallest absolute Gasteiger partial charge is 0.294 e. The molecular formula is C17H15N5O3. The Morgan fingerprint density at radius 1 is 1.24 bits per heavy atom. The minimum atomic E-state index is -0.701. The van der Waals surface area contributed by atoms with Gasteiger partial charge >= 0.3 is 0 Å². The molecule has 1 aromatic carbocycles. The highest BCUT2D eigenvalue weighted by Crippen LogP contribution is 2.22. The monoisotopic (exact) mass is 337 g/mol. The van der Waals surface area contributed by atoms with Crippen LogP contribution in [0.4, 0.5) is 0 Å². The molecule has 0 fully saturated rings. The summed E-state index contributed by atoms with van der Waals surface area (Å²) in [5.74, 6) is -0.769. The quantitative estimate of drug-likeness (QED) is 0.482. The maximum Gasteiger partial charge on any atom is 0.294 e. The van der Waals surface area contributed by atoms with E-state index in [9.17, 15) is 9.59 Å². The van der Waals surface area contributed by atoms with Crippen molar-refractivity contribution in [1.82, 2.24) is 25.3 Å². The van der Waals surface area contributed by atoms with E-state index in [0.717, 1.165) is 10.9 Å². The molecule has 0 spiro atoms. The predicted molar refractivity (Wildman–Crippen MR) is 88.0 cm³/mol. The fourth-order valence-corrected chi connectivity index (χ4v) is 3.04. The highest BCUT2D eigenvalue weighted by atomic mass is 16.5. The number of H-pyrrole nitrogens is 1. The molecule has 1 aliphatic heterocycles. The molecule has 0 unspecified atom stereocenters. The highest BCUT2D eigenvalue weighted by Gasteiger charge is 2.26. The number of hydrogen-bond acceptors (Lipinski definition) is 5. The van der Waals surface area contributed by atoms with Crippen LogP contribution in [0.15, 0.2) is 36.7 Å². The minimum absolute atomic E-state index is 0.0534. The Labute approximate surface area is 142 Å². The fourth-order valence-electron chi connectivity index (χ4n) is 3.04. The molecule has 3 aromatic rings. The van der Waals surface area contributed by atoms with E-state index in [0.29, 0.717) is 36.5 Å². The summed E-state index contributed by atoms with van der Waals surface area (Å²) in [6.07, 6.45) is 3.52. The van der Waals surface area contributed by atoms with Crippen LogP contribution in [0.5, 0.6) is 0 Å². The zero-order chi connectivity index (χ0) is 17.4. The molecule has 126 valence electrons. The SMILES string of the molecule is O=C(NO)c1cnc2c(n1)CCN(C(=O)c1c[nH]c3ccccc13)C2. The van der Waals surface area contributed by atoms with Gasteiger partial charge in [0.05, 0.1) is 29.7 Å². The van der Waals surface area contributed by atoms with Crippen LogP contribution in [0.2, 0.25) is 0 Å². The lowest BCUT2D eigenvalue weighted by Gasteiger charge is -2.27. The number of para-hydroxylation sites is 1. The first-order chi connectivity index (χ1) is 12.2. The van der Waals surface area contributed by atoms with Crippen molar-refractivity contribution in [1.29, 1.82) is 0 Å². The number of rotatable bonds is 2. The summed E-state index contributed by atoms with van der Waals surface area (Å²) in [6, 6.07) is 7.66. The number of fused-ring (bicyclic) bond motifs is 2. The second kappa shape index (κ2) is 5.99. The van der Waals surface area contributed by atoms with E-state index in [1.807, 2.05) is 24.3 Å². The Morgan fingerprint density at radius 2 is 2.08 bits per heavy atom. The number of hydrogen-bond donors (Lipinski definition) is 3. The van der Waals surface area contributed by atoms with Gasteiger partial charge < -0.3 is 9.88 Å². The van der Waals surface area contributed by atoms with Crippen molar-refractivity contribution in [2.45, 2.75) is 13.0 Å². The largest absolute Gasteiger partial charge is 0.360 e. The lowest BCUT2D eigenvalue weighted by atomic mass is 10.1. The number of carbonyl (C=O) groups excluding carboxylic acids is 2. The minimum Gasteiger partial charge on any atom is -0.360 e. The van der Waals surface area contributed by atoms with Crippen molar-refractivity contribution in [3.8, 4) is 0 Å². The molecule has 2 aromatic heterocycles. The third-order valence-electron chi connectivity index (χ3n) is 4.33. The maximum atomic E-state index is 12.9. The number of nitrogens with one attached hydrogen (secondary N) is 2. The van der Waals surface area contributed by atoms with Gasteiger partial charge in [-0.15, -0.1) is 0 Å². The normalized spacial score (nSPS) is 13.6. The number of aromatic nitrogens is 3. The maximum absolute atomic E-state index is 12.9. The van der Waals surface area contributed by atoms with Crippen LogP contribution in [-0.4, -0.2) is 43.4 Å². The number of amides is 2. The van der Waals surface area contributed by atoms with Crippen LogP contribution in [-0.2, 0) is 13.0 Å². The molecule has 0 saturated carbocycles. The van der Waals surface area contributed by atoms with Crippen molar-refractivity contribution < 1.29 is 14.8 Å². The zero-order valence-electron chi connectivity index (χ0n) is 13.2. The second-order valence-electron chi connectivity index (χ2n) is 5.81. The Morgan fingerprint density at radius 3 is 2.92 bits per heavy atom. The van der Waals surface area contributed by atoms with Crippen molar-refractivity contribution in [3.63, 3.8) is 0 Å². The van der Waals surface area contributed by atoms with Gasteiger partial charge in [0.25, 0.3) is 11.8 Å². The Bertz CT molecular complexity index is 981.